The first-order valence-electron chi connectivity index (χ1n) is 9.68. The zero-order chi connectivity index (χ0) is 21.3. The van der Waals surface area contributed by atoms with E-state index in [2.05, 4.69) is 0 Å². The van der Waals surface area contributed by atoms with Crippen molar-refractivity contribution < 1.29 is 22.7 Å². The highest BCUT2D eigenvalue weighted by Crippen LogP contribution is 2.43. The summed E-state index contributed by atoms with van der Waals surface area (Å²) in [5.41, 5.74) is 2.61. The molecule has 0 atom stereocenters. The van der Waals surface area contributed by atoms with E-state index in [1.54, 1.807) is 47.4 Å². The van der Waals surface area contributed by atoms with Crippen LogP contribution in [0.2, 0.25) is 6.32 Å². The van der Waals surface area contributed by atoms with Gasteiger partial charge in [0.25, 0.3) is 0 Å². The molecule has 0 bridgehead atoms. The summed E-state index contributed by atoms with van der Waals surface area (Å²) in [4.78, 5) is 13.7. The second-order valence-electron chi connectivity index (χ2n) is 7.05. The molecule has 0 aliphatic carbocycles. The molecule has 4 rings (SSSR count). The molecule has 0 saturated carbocycles. The van der Waals surface area contributed by atoms with Gasteiger partial charge >= 0.3 is 6.18 Å². The number of hydrogen-bond acceptors (Lipinski definition) is 3. The van der Waals surface area contributed by atoms with Gasteiger partial charge in [-0.15, -0.1) is 11.3 Å². The molecule has 0 spiro atoms. The van der Waals surface area contributed by atoms with Crippen LogP contribution in [-0.4, -0.2) is 20.3 Å². The van der Waals surface area contributed by atoms with Crippen molar-refractivity contribution in [2.75, 3.05) is 11.4 Å². The Morgan fingerprint density at radius 3 is 2.60 bits per heavy atom. The summed E-state index contributed by atoms with van der Waals surface area (Å²) in [6.07, 6.45) is -3.23. The fourth-order valence-electron chi connectivity index (χ4n) is 3.63. The Morgan fingerprint density at radius 2 is 1.90 bits per heavy atom. The average molecular weight is 429 g/mol. The molecule has 3 nitrogen and oxygen atoms in total. The lowest BCUT2D eigenvalue weighted by Gasteiger charge is -2.16. The minimum absolute atomic E-state index is 0.0526. The number of halogens is 3. The van der Waals surface area contributed by atoms with Gasteiger partial charge in [-0.25, -0.2) is 0 Å². The lowest BCUT2D eigenvalue weighted by atomic mass is 10.0. The Morgan fingerprint density at radius 1 is 1.13 bits per heavy atom. The number of fused-ring (bicyclic) bond motifs is 1. The number of carbonyl (C=O) groups is 1. The van der Waals surface area contributed by atoms with Gasteiger partial charge in [0.15, 0.2) is 0 Å². The molecule has 1 aliphatic rings. The molecule has 1 aromatic heterocycles. The lowest BCUT2D eigenvalue weighted by molar-refractivity contribution is -0.133. The van der Waals surface area contributed by atoms with Crippen LogP contribution >= 0.6 is 11.3 Å². The monoisotopic (exact) mass is 429 g/mol. The minimum Gasteiger partial charge on any atom is -0.488 e. The number of rotatable bonds is 5. The third-order valence-corrected chi connectivity index (χ3v) is 6.21. The van der Waals surface area contributed by atoms with Crippen molar-refractivity contribution in [3.8, 4) is 16.9 Å². The van der Waals surface area contributed by atoms with Crippen LogP contribution < -0.4 is 9.64 Å². The van der Waals surface area contributed by atoms with Gasteiger partial charge in [-0.2, -0.15) is 13.2 Å². The summed E-state index contributed by atoms with van der Waals surface area (Å²) in [5.74, 6) is 0.664. The molecule has 2 aromatic carbocycles. The first-order valence-corrected chi connectivity index (χ1v) is 10.5. The van der Waals surface area contributed by atoms with Crippen LogP contribution in [0, 0.1) is 0 Å². The Labute approximate surface area is 177 Å². The number of amides is 1. The largest absolute Gasteiger partial charge is 0.488 e. The predicted molar refractivity (Wildman–Crippen MR) is 115 cm³/mol. The number of nitrogens with zero attached hydrogens (tertiary/aromatic N) is 1. The molecule has 3 aromatic rings. The summed E-state index contributed by atoms with van der Waals surface area (Å²) < 4.78 is 46.4. The quantitative estimate of drug-likeness (QED) is 0.537. The van der Waals surface area contributed by atoms with Gasteiger partial charge in [-0.3, -0.25) is 4.79 Å². The van der Waals surface area contributed by atoms with E-state index in [-0.39, 0.29) is 18.1 Å². The van der Waals surface area contributed by atoms with E-state index in [4.69, 9.17) is 4.74 Å². The second kappa shape index (κ2) is 8.18. The van der Waals surface area contributed by atoms with E-state index in [1.807, 2.05) is 20.0 Å². The van der Waals surface area contributed by atoms with Gasteiger partial charge in [0.2, 0.25) is 5.91 Å². The Balaban J connectivity index is 1.54. The van der Waals surface area contributed by atoms with Crippen molar-refractivity contribution in [3.63, 3.8) is 0 Å². The maximum Gasteiger partial charge on any atom is 0.426 e. The number of carbonyl (C=O) groups excluding carboxylic acids is 1. The molecule has 0 radical (unpaired) electrons. The highest BCUT2D eigenvalue weighted by atomic mass is 32.1. The van der Waals surface area contributed by atoms with Crippen molar-refractivity contribution in [3.05, 3.63) is 69.9 Å². The normalized spacial score (nSPS) is 13.4. The molecular weight excluding hydrogens is 410 g/mol. The molecular formula is C22H19BF3NO2S. The molecule has 8 heteroatoms. The van der Waals surface area contributed by atoms with Crippen molar-refractivity contribution >= 4 is 30.8 Å². The number of hydrogen-bond donors (Lipinski definition) is 0. The molecule has 0 N–H and O–H groups in total. The van der Waals surface area contributed by atoms with Crippen molar-refractivity contribution in [2.45, 2.75) is 25.5 Å². The Bertz CT molecular complexity index is 1070. The van der Waals surface area contributed by atoms with Crippen LogP contribution in [0.1, 0.15) is 15.3 Å². The van der Waals surface area contributed by atoms with Crippen LogP contribution in [0.4, 0.5) is 18.9 Å². The summed E-state index contributed by atoms with van der Waals surface area (Å²) in [6.45, 7) is 0.697. The van der Waals surface area contributed by atoms with Crippen molar-refractivity contribution in [1.29, 1.82) is 0 Å². The smallest absolute Gasteiger partial charge is 0.426 e. The SMILES string of the molecule is BCC(=O)N1CCc2cc(OCc3cc(-c4ccccc4)c(C(F)(F)F)s3)ccc21. The van der Waals surface area contributed by atoms with Crippen LogP contribution in [0.15, 0.2) is 54.6 Å². The van der Waals surface area contributed by atoms with Crippen LogP contribution in [0.5, 0.6) is 5.75 Å². The summed E-state index contributed by atoms with van der Waals surface area (Å²) in [6, 6.07) is 15.6. The van der Waals surface area contributed by atoms with Gasteiger partial charge in [0, 0.05) is 22.7 Å². The van der Waals surface area contributed by atoms with E-state index in [0.717, 1.165) is 17.7 Å². The zero-order valence-corrected chi connectivity index (χ0v) is 17.1. The van der Waals surface area contributed by atoms with Crippen LogP contribution in [-0.2, 0) is 24.0 Å². The first kappa shape index (κ1) is 20.5. The predicted octanol–water partition coefficient (Wildman–Crippen LogP) is 4.95. The standard InChI is InChI=1S/C22H19BF3NO2S/c23-12-20(28)27-9-8-15-10-16(6-7-19(15)27)29-13-17-11-18(14-4-2-1-3-5-14)21(30-17)22(24,25)26/h1-7,10-11H,8-9,12-13,23H2. The average Bonchev–Trinajstić information content (AvgIpc) is 3.36. The molecule has 0 saturated heterocycles. The van der Waals surface area contributed by atoms with Gasteiger partial charge in [-0.05, 0) is 48.1 Å². The van der Waals surface area contributed by atoms with Gasteiger partial charge in [-0.1, -0.05) is 30.3 Å². The number of thiophene rings is 1. The first-order chi connectivity index (χ1) is 14.4. The topological polar surface area (TPSA) is 29.5 Å². The molecule has 154 valence electrons. The fraction of sp³-hybridized carbons (Fsp3) is 0.227. The highest BCUT2D eigenvalue weighted by Gasteiger charge is 2.36. The summed E-state index contributed by atoms with van der Waals surface area (Å²) >= 11 is 0.710. The van der Waals surface area contributed by atoms with E-state index >= 15 is 0 Å². The number of alkyl halides is 3. The number of benzene rings is 2. The zero-order valence-electron chi connectivity index (χ0n) is 16.3. The van der Waals surface area contributed by atoms with Crippen LogP contribution in [0.3, 0.4) is 0 Å². The Hall–Kier alpha value is -2.74. The lowest BCUT2D eigenvalue weighted by Crippen LogP contribution is -2.28. The van der Waals surface area contributed by atoms with Gasteiger partial charge in [0.1, 0.15) is 25.1 Å². The van der Waals surface area contributed by atoms with E-state index in [9.17, 15) is 18.0 Å². The van der Waals surface area contributed by atoms with E-state index in [0.29, 0.717) is 40.4 Å². The van der Waals surface area contributed by atoms with Crippen molar-refractivity contribution in [1.82, 2.24) is 0 Å². The number of anilines is 1. The third kappa shape index (κ3) is 4.10. The molecule has 0 unspecified atom stereocenters. The van der Waals surface area contributed by atoms with Gasteiger partial charge in [0.05, 0.1) is 0 Å². The van der Waals surface area contributed by atoms with E-state index in [1.165, 1.54) is 0 Å². The van der Waals surface area contributed by atoms with Crippen LogP contribution in [0.25, 0.3) is 11.1 Å². The maximum atomic E-state index is 13.5. The summed E-state index contributed by atoms with van der Waals surface area (Å²) in [5, 5.41) is 0. The Kier molecular flexibility index (Phi) is 5.60. The molecule has 2 heterocycles. The summed E-state index contributed by atoms with van der Waals surface area (Å²) in [7, 11) is 1.83. The fourth-order valence-corrected chi connectivity index (χ4v) is 4.59. The minimum atomic E-state index is -4.42. The van der Waals surface area contributed by atoms with E-state index < -0.39 is 11.1 Å². The third-order valence-electron chi connectivity index (χ3n) is 5.06. The second-order valence-corrected chi connectivity index (χ2v) is 8.18. The molecule has 0 fully saturated rings. The van der Waals surface area contributed by atoms with Gasteiger partial charge < -0.3 is 9.64 Å². The highest BCUT2D eigenvalue weighted by molar-refractivity contribution is 7.12. The molecule has 1 amide bonds. The molecule has 1 aliphatic heterocycles. The maximum absolute atomic E-state index is 13.5. The number of ether oxygens (including phenoxy) is 1. The van der Waals surface area contributed by atoms with Crippen molar-refractivity contribution in [2.24, 2.45) is 0 Å². The molecule has 30 heavy (non-hydrogen) atoms.